The van der Waals surface area contributed by atoms with E-state index in [1.807, 2.05) is 6.20 Å². The molecule has 7 heteroatoms. The van der Waals surface area contributed by atoms with E-state index in [0.29, 0.717) is 18.6 Å². The van der Waals surface area contributed by atoms with Crippen LogP contribution in [0.1, 0.15) is 53.0 Å². The van der Waals surface area contributed by atoms with E-state index in [2.05, 4.69) is 72.2 Å². The Hall–Kier alpha value is -1.09. The molecule has 1 fully saturated rings. The van der Waals surface area contributed by atoms with Gasteiger partial charge in [-0.1, -0.05) is 6.07 Å². The van der Waals surface area contributed by atoms with E-state index in [0.717, 1.165) is 50.1 Å². The van der Waals surface area contributed by atoms with Crippen molar-refractivity contribution >= 4 is 35.8 Å². The predicted molar refractivity (Wildman–Crippen MR) is 131 cm³/mol. The molecule has 1 aliphatic heterocycles. The van der Waals surface area contributed by atoms with Crippen LogP contribution in [0.2, 0.25) is 0 Å². The first-order valence-corrected chi connectivity index (χ1v) is 10.5. The molecule has 28 heavy (non-hydrogen) atoms. The van der Waals surface area contributed by atoms with E-state index in [1.165, 1.54) is 12.8 Å². The molecule has 0 bridgehead atoms. The van der Waals surface area contributed by atoms with Crippen molar-refractivity contribution < 1.29 is 0 Å². The highest BCUT2D eigenvalue weighted by molar-refractivity contribution is 14.0. The second-order valence-corrected chi connectivity index (χ2v) is 7.77. The minimum Gasteiger partial charge on any atom is -0.357 e. The van der Waals surface area contributed by atoms with Crippen LogP contribution in [0, 0.1) is 0 Å². The van der Waals surface area contributed by atoms with Gasteiger partial charge in [0.2, 0.25) is 0 Å². The second-order valence-electron chi connectivity index (χ2n) is 7.77. The van der Waals surface area contributed by atoms with Gasteiger partial charge in [0, 0.05) is 51.0 Å². The predicted octanol–water partition coefficient (Wildman–Crippen LogP) is 3.47. The number of nitrogens with zero attached hydrogens (tertiary/aromatic N) is 4. The maximum absolute atomic E-state index is 4.72. The van der Waals surface area contributed by atoms with E-state index in [4.69, 9.17) is 4.99 Å². The first-order chi connectivity index (χ1) is 13.0. The van der Waals surface area contributed by atoms with Crippen LogP contribution in [-0.4, -0.2) is 60.7 Å². The summed E-state index contributed by atoms with van der Waals surface area (Å²) in [6.07, 6.45) is 4.51. The minimum atomic E-state index is 0. The van der Waals surface area contributed by atoms with Gasteiger partial charge in [-0.2, -0.15) is 0 Å². The van der Waals surface area contributed by atoms with Gasteiger partial charge in [0.15, 0.2) is 5.96 Å². The van der Waals surface area contributed by atoms with E-state index >= 15 is 0 Å². The van der Waals surface area contributed by atoms with E-state index in [1.54, 1.807) is 0 Å². The molecule has 0 aliphatic carbocycles. The first kappa shape index (κ1) is 24.9. The lowest BCUT2D eigenvalue weighted by Gasteiger charge is -2.30. The van der Waals surface area contributed by atoms with Crippen molar-refractivity contribution in [3.63, 3.8) is 0 Å². The van der Waals surface area contributed by atoms with Crippen molar-refractivity contribution in [1.82, 2.24) is 20.5 Å². The van der Waals surface area contributed by atoms with Crippen molar-refractivity contribution in [2.75, 3.05) is 37.6 Å². The van der Waals surface area contributed by atoms with Gasteiger partial charge in [0.1, 0.15) is 5.82 Å². The van der Waals surface area contributed by atoms with Crippen LogP contribution >= 0.6 is 24.0 Å². The van der Waals surface area contributed by atoms with Gasteiger partial charge in [-0.15, -0.1) is 24.0 Å². The van der Waals surface area contributed by atoms with Crippen molar-refractivity contribution in [3.8, 4) is 0 Å². The Labute approximate surface area is 188 Å². The summed E-state index contributed by atoms with van der Waals surface area (Å²) in [4.78, 5) is 14.2. The number of pyridine rings is 1. The molecule has 0 radical (unpaired) electrons. The standard InChI is InChI=1S/C21H38N6.HI/c1-6-22-21(23-11-14-27(17(2)3)18(4)5)25-16-19-9-10-20(24-15-19)26-12-7-8-13-26;/h9-10,15,17-18H,6-8,11-14,16H2,1-5H3,(H2,22,23,25);1H. The molecule has 2 rings (SSSR count). The molecule has 0 amide bonds. The van der Waals surface area contributed by atoms with E-state index in [-0.39, 0.29) is 24.0 Å². The van der Waals surface area contributed by atoms with Gasteiger partial charge in [0.05, 0.1) is 6.54 Å². The summed E-state index contributed by atoms with van der Waals surface area (Å²) in [7, 11) is 0. The monoisotopic (exact) mass is 502 g/mol. The number of hydrogen-bond acceptors (Lipinski definition) is 4. The van der Waals surface area contributed by atoms with Crippen molar-refractivity contribution in [1.29, 1.82) is 0 Å². The Kier molecular flexibility index (Phi) is 11.8. The van der Waals surface area contributed by atoms with Crippen LogP contribution < -0.4 is 15.5 Å². The van der Waals surface area contributed by atoms with E-state index in [9.17, 15) is 0 Å². The minimum absolute atomic E-state index is 0. The zero-order chi connectivity index (χ0) is 19.6. The molecule has 1 saturated heterocycles. The summed E-state index contributed by atoms with van der Waals surface area (Å²) < 4.78 is 0. The largest absolute Gasteiger partial charge is 0.357 e. The van der Waals surface area contributed by atoms with Gasteiger partial charge in [-0.25, -0.2) is 9.98 Å². The molecular weight excluding hydrogens is 463 g/mol. The number of hydrogen-bond donors (Lipinski definition) is 2. The highest BCUT2D eigenvalue weighted by atomic mass is 127. The average molecular weight is 502 g/mol. The van der Waals surface area contributed by atoms with Gasteiger partial charge in [-0.3, -0.25) is 4.90 Å². The Bertz CT molecular complexity index is 559. The summed E-state index contributed by atoms with van der Waals surface area (Å²) >= 11 is 0. The van der Waals surface area contributed by atoms with Gasteiger partial charge in [-0.05, 0) is 59.1 Å². The first-order valence-electron chi connectivity index (χ1n) is 10.5. The Morgan fingerprint density at radius 1 is 1.14 bits per heavy atom. The average Bonchev–Trinajstić information content (AvgIpc) is 3.17. The van der Waals surface area contributed by atoms with Crippen LogP contribution in [0.25, 0.3) is 0 Å². The van der Waals surface area contributed by atoms with Crippen LogP contribution in [-0.2, 0) is 6.54 Å². The highest BCUT2D eigenvalue weighted by Gasteiger charge is 2.14. The fourth-order valence-corrected chi connectivity index (χ4v) is 3.57. The summed E-state index contributed by atoms with van der Waals surface area (Å²) in [6.45, 7) is 16.7. The van der Waals surface area contributed by atoms with Crippen LogP contribution in [0.15, 0.2) is 23.3 Å². The Balaban J connectivity index is 0.00000392. The molecule has 6 nitrogen and oxygen atoms in total. The van der Waals surface area contributed by atoms with Crippen LogP contribution in [0.4, 0.5) is 5.82 Å². The zero-order valence-electron chi connectivity index (χ0n) is 18.2. The lowest BCUT2D eigenvalue weighted by Crippen LogP contribution is -2.45. The summed E-state index contributed by atoms with van der Waals surface area (Å²) in [6, 6.07) is 5.37. The number of nitrogens with one attached hydrogen (secondary N) is 2. The number of halogens is 1. The SMILES string of the molecule is CCNC(=NCc1ccc(N2CCCC2)nc1)NCCN(C(C)C)C(C)C.I. The number of rotatable bonds is 9. The molecule has 1 aromatic heterocycles. The Morgan fingerprint density at radius 2 is 1.82 bits per heavy atom. The molecule has 0 spiro atoms. The number of guanidine groups is 1. The van der Waals surface area contributed by atoms with Gasteiger partial charge in [0.25, 0.3) is 0 Å². The Morgan fingerprint density at radius 3 is 2.36 bits per heavy atom. The maximum Gasteiger partial charge on any atom is 0.191 e. The third-order valence-electron chi connectivity index (χ3n) is 4.99. The normalized spacial score (nSPS) is 14.7. The molecular formula is C21H39IN6. The van der Waals surface area contributed by atoms with E-state index < -0.39 is 0 Å². The molecule has 0 atom stereocenters. The van der Waals surface area contributed by atoms with Crippen molar-refractivity contribution in [3.05, 3.63) is 23.9 Å². The quantitative estimate of drug-likeness (QED) is 0.308. The third-order valence-corrected chi connectivity index (χ3v) is 4.99. The van der Waals surface area contributed by atoms with Gasteiger partial charge >= 0.3 is 0 Å². The zero-order valence-corrected chi connectivity index (χ0v) is 20.6. The molecule has 2 heterocycles. The van der Waals surface area contributed by atoms with Crippen LogP contribution in [0.5, 0.6) is 0 Å². The number of aliphatic imine (C=N–C) groups is 1. The molecule has 1 aliphatic rings. The van der Waals surface area contributed by atoms with Crippen molar-refractivity contribution in [2.45, 2.75) is 66.1 Å². The van der Waals surface area contributed by atoms with Crippen molar-refractivity contribution in [2.24, 2.45) is 4.99 Å². The molecule has 160 valence electrons. The molecule has 2 N–H and O–H groups in total. The molecule has 0 aromatic carbocycles. The second kappa shape index (κ2) is 13.2. The summed E-state index contributed by atoms with van der Waals surface area (Å²) in [5.74, 6) is 1.96. The van der Waals surface area contributed by atoms with Crippen LogP contribution in [0.3, 0.4) is 0 Å². The topological polar surface area (TPSA) is 55.8 Å². The lowest BCUT2D eigenvalue weighted by atomic mass is 10.2. The molecule has 0 saturated carbocycles. The molecule has 1 aromatic rings. The third kappa shape index (κ3) is 8.11. The number of anilines is 1. The fraction of sp³-hybridized carbons (Fsp3) is 0.714. The smallest absolute Gasteiger partial charge is 0.191 e. The highest BCUT2D eigenvalue weighted by Crippen LogP contribution is 2.17. The summed E-state index contributed by atoms with van der Waals surface area (Å²) in [5, 5.41) is 6.79. The lowest BCUT2D eigenvalue weighted by molar-refractivity contribution is 0.178. The maximum atomic E-state index is 4.72. The fourth-order valence-electron chi connectivity index (χ4n) is 3.57. The van der Waals surface area contributed by atoms with Gasteiger partial charge < -0.3 is 15.5 Å². The summed E-state index contributed by atoms with van der Waals surface area (Å²) in [5.41, 5.74) is 1.14. The molecule has 0 unspecified atom stereocenters. The number of aromatic nitrogens is 1.